The first-order valence-electron chi connectivity index (χ1n) is 6.30. The molecule has 0 radical (unpaired) electrons. The molecule has 1 amide bonds. The number of methoxy groups -OCH3 is 3. The molecule has 0 saturated carbocycles. The molecule has 0 aromatic heterocycles. The van der Waals surface area contributed by atoms with Gasteiger partial charge in [-0.1, -0.05) is 0 Å². The van der Waals surface area contributed by atoms with Crippen molar-refractivity contribution < 1.29 is 29.2 Å². The third-order valence-electron chi connectivity index (χ3n) is 2.92. The van der Waals surface area contributed by atoms with Crippen molar-refractivity contribution in [1.29, 1.82) is 0 Å². The van der Waals surface area contributed by atoms with Gasteiger partial charge in [0.15, 0.2) is 11.5 Å². The molecule has 0 bridgehead atoms. The maximum absolute atomic E-state index is 12.2. The van der Waals surface area contributed by atoms with Crippen LogP contribution in [-0.2, 0) is 0 Å². The van der Waals surface area contributed by atoms with Crippen LogP contribution in [0.1, 0.15) is 17.3 Å². The van der Waals surface area contributed by atoms with Crippen molar-refractivity contribution in [3.63, 3.8) is 0 Å². The van der Waals surface area contributed by atoms with Crippen molar-refractivity contribution in [2.24, 2.45) is 0 Å². The number of nitrogens with one attached hydrogen (secondary N) is 1. The lowest BCUT2D eigenvalue weighted by Crippen LogP contribution is -2.43. The van der Waals surface area contributed by atoms with Gasteiger partial charge in [-0.2, -0.15) is 0 Å². The first-order chi connectivity index (χ1) is 9.90. The number of benzene rings is 1. The third kappa shape index (κ3) is 3.99. The predicted octanol–water partition coefficient (Wildman–Crippen LogP) is 0.185. The molecule has 0 spiro atoms. The zero-order valence-electron chi connectivity index (χ0n) is 12.6. The maximum atomic E-state index is 12.2. The molecule has 7 heteroatoms. The van der Waals surface area contributed by atoms with Crippen molar-refractivity contribution in [3.05, 3.63) is 17.7 Å². The van der Waals surface area contributed by atoms with Crippen molar-refractivity contribution in [2.75, 3.05) is 34.5 Å². The van der Waals surface area contributed by atoms with Gasteiger partial charge in [-0.15, -0.1) is 0 Å². The summed E-state index contributed by atoms with van der Waals surface area (Å²) in [4.78, 5) is 12.2. The van der Waals surface area contributed by atoms with E-state index < -0.39 is 18.1 Å². The summed E-state index contributed by atoms with van der Waals surface area (Å²) in [5.74, 6) is 0.523. The Morgan fingerprint density at radius 2 is 1.81 bits per heavy atom. The topological polar surface area (TPSA) is 97.3 Å². The minimum atomic E-state index is -1.39. The molecular formula is C14H21NO6. The second kappa shape index (κ2) is 7.14. The smallest absolute Gasteiger partial charge is 0.255 e. The van der Waals surface area contributed by atoms with E-state index in [0.29, 0.717) is 11.5 Å². The quantitative estimate of drug-likeness (QED) is 0.665. The van der Waals surface area contributed by atoms with E-state index in [1.165, 1.54) is 34.3 Å². The summed E-state index contributed by atoms with van der Waals surface area (Å²) in [5, 5.41) is 21.2. The number of rotatable bonds is 7. The number of hydrogen-bond acceptors (Lipinski definition) is 6. The molecule has 21 heavy (non-hydrogen) atoms. The standard InChI is InChI=1S/C14H21NO6/c1-14(18,8-16)7-15-13(17)9-5-6-10(19-2)12(21-4)11(9)20-3/h5-6,16,18H,7-8H2,1-4H3,(H,15,17). The van der Waals surface area contributed by atoms with Crippen molar-refractivity contribution in [3.8, 4) is 17.2 Å². The minimum Gasteiger partial charge on any atom is -0.493 e. The third-order valence-corrected chi connectivity index (χ3v) is 2.92. The molecule has 118 valence electrons. The Balaban J connectivity index is 3.04. The van der Waals surface area contributed by atoms with Gasteiger partial charge in [0, 0.05) is 6.54 Å². The van der Waals surface area contributed by atoms with Gasteiger partial charge in [0.25, 0.3) is 5.91 Å². The van der Waals surface area contributed by atoms with Crippen LogP contribution in [0.5, 0.6) is 17.2 Å². The van der Waals surface area contributed by atoms with Crippen molar-refractivity contribution in [2.45, 2.75) is 12.5 Å². The van der Waals surface area contributed by atoms with E-state index in [1.807, 2.05) is 0 Å². The van der Waals surface area contributed by atoms with Gasteiger partial charge in [-0.05, 0) is 19.1 Å². The Morgan fingerprint density at radius 1 is 1.19 bits per heavy atom. The lowest BCUT2D eigenvalue weighted by atomic mass is 10.1. The molecule has 3 N–H and O–H groups in total. The van der Waals surface area contributed by atoms with E-state index in [0.717, 1.165) is 0 Å². The largest absolute Gasteiger partial charge is 0.493 e. The summed E-state index contributed by atoms with van der Waals surface area (Å²) < 4.78 is 15.5. The molecule has 1 aromatic rings. The van der Waals surface area contributed by atoms with Gasteiger partial charge >= 0.3 is 0 Å². The van der Waals surface area contributed by atoms with Crippen LogP contribution in [0.2, 0.25) is 0 Å². The molecular weight excluding hydrogens is 278 g/mol. The van der Waals surface area contributed by atoms with Crippen LogP contribution in [0.15, 0.2) is 12.1 Å². The number of hydrogen-bond donors (Lipinski definition) is 3. The van der Waals surface area contributed by atoms with Gasteiger partial charge in [0.05, 0.1) is 33.5 Å². The number of aliphatic hydroxyl groups excluding tert-OH is 1. The number of carbonyl (C=O) groups is 1. The number of carbonyl (C=O) groups excluding carboxylic acids is 1. The fourth-order valence-electron chi connectivity index (χ4n) is 1.70. The van der Waals surface area contributed by atoms with E-state index in [9.17, 15) is 9.90 Å². The average Bonchev–Trinajstić information content (AvgIpc) is 2.50. The molecule has 0 fully saturated rings. The molecule has 0 saturated heterocycles. The zero-order chi connectivity index (χ0) is 16.0. The molecule has 1 unspecified atom stereocenters. The van der Waals surface area contributed by atoms with Crippen LogP contribution in [0, 0.1) is 0 Å². The fourth-order valence-corrected chi connectivity index (χ4v) is 1.70. The fraction of sp³-hybridized carbons (Fsp3) is 0.500. The highest BCUT2D eigenvalue weighted by Crippen LogP contribution is 2.39. The summed E-state index contributed by atoms with van der Waals surface area (Å²) in [7, 11) is 4.34. The predicted molar refractivity (Wildman–Crippen MR) is 76.1 cm³/mol. The Hall–Kier alpha value is -1.99. The Bertz CT molecular complexity index is 500. The van der Waals surface area contributed by atoms with Crippen LogP contribution in [0.4, 0.5) is 0 Å². The van der Waals surface area contributed by atoms with Crippen LogP contribution in [0.25, 0.3) is 0 Å². The normalized spacial score (nSPS) is 13.2. The molecule has 0 heterocycles. The van der Waals surface area contributed by atoms with E-state index in [-0.39, 0.29) is 17.9 Å². The van der Waals surface area contributed by atoms with Crippen molar-refractivity contribution >= 4 is 5.91 Å². The first-order valence-corrected chi connectivity index (χ1v) is 6.30. The maximum Gasteiger partial charge on any atom is 0.255 e. The number of amides is 1. The summed E-state index contributed by atoms with van der Waals surface area (Å²) in [5.41, 5.74) is -1.15. The van der Waals surface area contributed by atoms with E-state index >= 15 is 0 Å². The first kappa shape index (κ1) is 17.1. The van der Waals surface area contributed by atoms with Crippen LogP contribution < -0.4 is 19.5 Å². The zero-order valence-corrected chi connectivity index (χ0v) is 12.6. The SMILES string of the molecule is COc1ccc(C(=O)NCC(C)(O)CO)c(OC)c1OC. The van der Waals surface area contributed by atoms with E-state index in [2.05, 4.69) is 5.32 Å². The van der Waals surface area contributed by atoms with Crippen LogP contribution >= 0.6 is 0 Å². The second-order valence-electron chi connectivity index (χ2n) is 4.72. The molecule has 0 aliphatic carbocycles. The molecule has 0 aliphatic rings. The van der Waals surface area contributed by atoms with Crippen LogP contribution in [-0.4, -0.2) is 56.2 Å². The lowest BCUT2D eigenvalue weighted by Gasteiger charge is -2.21. The van der Waals surface area contributed by atoms with Gasteiger partial charge in [-0.3, -0.25) is 4.79 Å². The molecule has 1 rings (SSSR count). The molecule has 7 nitrogen and oxygen atoms in total. The Morgan fingerprint density at radius 3 is 2.29 bits per heavy atom. The highest BCUT2D eigenvalue weighted by Gasteiger charge is 2.24. The van der Waals surface area contributed by atoms with Crippen LogP contribution in [0.3, 0.4) is 0 Å². The number of ether oxygens (including phenoxy) is 3. The Labute approximate surface area is 123 Å². The van der Waals surface area contributed by atoms with Gasteiger partial charge in [0.1, 0.15) is 5.60 Å². The monoisotopic (exact) mass is 299 g/mol. The molecule has 1 atom stereocenters. The molecule has 1 aromatic carbocycles. The summed E-state index contributed by atoms with van der Waals surface area (Å²) in [6, 6.07) is 3.11. The van der Waals surface area contributed by atoms with Gasteiger partial charge in [-0.25, -0.2) is 0 Å². The summed E-state index contributed by atoms with van der Waals surface area (Å²) in [6.07, 6.45) is 0. The van der Waals surface area contributed by atoms with Crippen molar-refractivity contribution in [1.82, 2.24) is 5.32 Å². The van der Waals surface area contributed by atoms with Gasteiger partial charge < -0.3 is 29.7 Å². The lowest BCUT2D eigenvalue weighted by molar-refractivity contribution is 0.00317. The highest BCUT2D eigenvalue weighted by molar-refractivity contribution is 5.98. The summed E-state index contributed by atoms with van der Waals surface area (Å²) in [6.45, 7) is 0.856. The minimum absolute atomic E-state index is 0.0974. The van der Waals surface area contributed by atoms with E-state index in [4.69, 9.17) is 19.3 Å². The highest BCUT2D eigenvalue weighted by atomic mass is 16.5. The average molecular weight is 299 g/mol. The van der Waals surface area contributed by atoms with E-state index in [1.54, 1.807) is 6.07 Å². The second-order valence-corrected chi connectivity index (χ2v) is 4.72. The number of aliphatic hydroxyl groups is 2. The summed E-state index contributed by atoms with van der Waals surface area (Å²) >= 11 is 0. The molecule has 0 aliphatic heterocycles. The van der Waals surface area contributed by atoms with Gasteiger partial charge in [0.2, 0.25) is 5.75 Å². The Kier molecular flexibility index (Phi) is 5.80.